The number of thioether (sulfide) groups is 1. The Labute approximate surface area is 172 Å². The molecule has 1 N–H and O–H groups in total. The first-order valence-electron chi connectivity index (χ1n) is 8.51. The van der Waals surface area contributed by atoms with Gasteiger partial charge in [-0.25, -0.2) is 0 Å². The van der Waals surface area contributed by atoms with Crippen molar-refractivity contribution in [1.29, 1.82) is 5.26 Å². The predicted molar refractivity (Wildman–Crippen MR) is 108 cm³/mol. The van der Waals surface area contributed by atoms with Gasteiger partial charge in [0.05, 0.1) is 23.8 Å². The Hall–Kier alpha value is -2.75. The highest BCUT2D eigenvalue weighted by Gasteiger charge is 2.44. The Morgan fingerprint density at radius 1 is 1.21 bits per heavy atom. The zero-order valence-corrected chi connectivity index (χ0v) is 16.6. The summed E-state index contributed by atoms with van der Waals surface area (Å²) in [4.78, 5) is 25.1. The van der Waals surface area contributed by atoms with Gasteiger partial charge in [-0.1, -0.05) is 60.1 Å². The third-order valence-corrected chi connectivity index (χ3v) is 5.88. The lowest BCUT2D eigenvalue weighted by Crippen LogP contribution is -2.44. The number of hydrogen-bond acceptors (Lipinski definition) is 5. The van der Waals surface area contributed by atoms with E-state index in [2.05, 4.69) is 11.4 Å². The van der Waals surface area contributed by atoms with Gasteiger partial charge < -0.3 is 10.1 Å². The maximum atomic E-state index is 12.8. The molecule has 0 saturated heterocycles. The third kappa shape index (κ3) is 4.06. The standard InChI is InChI=1S/C21H17ClN2O3S/c1-27-21(26)18-17(14-9-5-6-10-16(14)22)15(11-23)20(24-19(18)25)28-12-13-7-3-2-4-8-13/h2-10,17-18H,12H2,1H3,(H,24,25)/t17-,18+/m1/s1. The van der Waals surface area contributed by atoms with E-state index >= 15 is 0 Å². The molecule has 1 aliphatic rings. The van der Waals surface area contributed by atoms with E-state index in [0.717, 1.165) is 5.56 Å². The molecule has 7 heteroatoms. The fourth-order valence-corrected chi connectivity index (χ4v) is 4.37. The lowest BCUT2D eigenvalue weighted by Gasteiger charge is -2.31. The molecule has 2 aromatic carbocycles. The second-order valence-electron chi connectivity index (χ2n) is 6.12. The fraction of sp³-hybridized carbons (Fsp3) is 0.190. The number of ether oxygens (including phenoxy) is 1. The first kappa shape index (κ1) is 20.0. The SMILES string of the molecule is COC(=O)[C@@H]1C(=O)NC(SCc2ccccc2)=C(C#N)[C@H]1c1ccccc1Cl. The normalized spacial score (nSPS) is 19.0. The molecule has 5 nitrogen and oxygen atoms in total. The van der Waals surface area contributed by atoms with Crippen LogP contribution >= 0.6 is 23.4 Å². The Balaban J connectivity index is 2.05. The first-order chi connectivity index (χ1) is 13.6. The van der Waals surface area contributed by atoms with Crippen molar-refractivity contribution < 1.29 is 14.3 Å². The number of benzene rings is 2. The van der Waals surface area contributed by atoms with Crippen LogP contribution in [0.5, 0.6) is 0 Å². The molecule has 142 valence electrons. The highest BCUT2D eigenvalue weighted by molar-refractivity contribution is 8.02. The van der Waals surface area contributed by atoms with Crippen molar-refractivity contribution in [3.63, 3.8) is 0 Å². The van der Waals surface area contributed by atoms with Gasteiger partial charge in [0.1, 0.15) is 5.92 Å². The lowest BCUT2D eigenvalue weighted by atomic mass is 9.78. The van der Waals surface area contributed by atoms with Crippen molar-refractivity contribution in [2.75, 3.05) is 7.11 Å². The minimum absolute atomic E-state index is 0.295. The molecule has 0 fully saturated rings. The molecule has 2 atom stereocenters. The highest BCUT2D eigenvalue weighted by atomic mass is 35.5. The van der Waals surface area contributed by atoms with Crippen LogP contribution in [0.3, 0.4) is 0 Å². The van der Waals surface area contributed by atoms with Gasteiger partial charge in [-0.3, -0.25) is 9.59 Å². The predicted octanol–water partition coefficient (Wildman–Crippen LogP) is 4.01. The van der Waals surface area contributed by atoms with Gasteiger partial charge in [0, 0.05) is 16.7 Å². The number of allylic oxidation sites excluding steroid dienone is 1. The van der Waals surface area contributed by atoms with Crippen LogP contribution in [0.1, 0.15) is 17.0 Å². The molecule has 0 aromatic heterocycles. The van der Waals surface area contributed by atoms with Crippen molar-refractivity contribution in [1.82, 2.24) is 5.32 Å². The number of halogens is 1. The van der Waals surface area contributed by atoms with Crippen LogP contribution in [0.4, 0.5) is 0 Å². The summed E-state index contributed by atoms with van der Waals surface area (Å²) in [6.45, 7) is 0. The van der Waals surface area contributed by atoms with Gasteiger partial charge in [0.25, 0.3) is 0 Å². The minimum atomic E-state index is -1.18. The van der Waals surface area contributed by atoms with Crippen molar-refractivity contribution in [2.24, 2.45) is 5.92 Å². The molecule has 1 amide bonds. The van der Waals surface area contributed by atoms with Crippen LogP contribution < -0.4 is 5.32 Å². The average Bonchev–Trinajstić information content (AvgIpc) is 2.72. The maximum Gasteiger partial charge on any atom is 0.319 e. The van der Waals surface area contributed by atoms with E-state index in [-0.39, 0.29) is 0 Å². The van der Waals surface area contributed by atoms with Crippen molar-refractivity contribution in [3.05, 3.63) is 81.3 Å². The van der Waals surface area contributed by atoms with Crippen LogP contribution in [0.15, 0.2) is 65.2 Å². The third-order valence-electron chi connectivity index (χ3n) is 4.45. The number of nitriles is 1. The van der Waals surface area contributed by atoms with Gasteiger partial charge >= 0.3 is 5.97 Å². The Bertz CT molecular complexity index is 969. The number of methoxy groups -OCH3 is 1. The topological polar surface area (TPSA) is 79.2 Å². The van der Waals surface area contributed by atoms with Gasteiger partial charge in [-0.05, 0) is 17.2 Å². The quantitative estimate of drug-likeness (QED) is 0.592. The Kier molecular flexibility index (Phi) is 6.40. The second kappa shape index (κ2) is 8.96. The van der Waals surface area contributed by atoms with Crippen LogP contribution in [-0.4, -0.2) is 19.0 Å². The van der Waals surface area contributed by atoms with E-state index in [4.69, 9.17) is 16.3 Å². The summed E-state index contributed by atoms with van der Waals surface area (Å²) in [5.41, 5.74) is 1.89. The summed E-state index contributed by atoms with van der Waals surface area (Å²) in [7, 11) is 1.22. The number of hydrogen-bond donors (Lipinski definition) is 1. The van der Waals surface area contributed by atoms with E-state index in [1.54, 1.807) is 24.3 Å². The lowest BCUT2D eigenvalue weighted by molar-refractivity contribution is -0.150. The molecule has 1 aliphatic heterocycles. The van der Waals surface area contributed by atoms with Crippen LogP contribution in [0.25, 0.3) is 0 Å². The Morgan fingerprint density at radius 2 is 1.89 bits per heavy atom. The molecular formula is C21H17ClN2O3S. The second-order valence-corrected chi connectivity index (χ2v) is 7.51. The number of carbonyl (C=O) groups is 2. The molecular weight excluding hydrogens is 396 g/mol. The largest absolute Gasteiger partial charge is 0.468 e. The summed E-state index contributed by atoms with van der Waals surface area (Å²) in [6.07, 6.45) is 0. The van der Waals surface area contributed by atoms with E-state index in [1.807, 2.05) is 30.3 Å². The summed E-state index contributed by atoms with van der Waals surface area (Å²) in [6, 6.07) is 18.8. The zero-order valence-electron chi connectivity index (χ0n) is 15.0. The Morgan fingerprint density at radius 3 is 2.54 bits per heavy atom. The molecule has 2 aromatic rings. The molecule has 1 heterocycles. The molecule has 0 saturated carbocycles. The molecule has 3 rings (SSSR count). The van der Waals surface area contributed by atoms with E-state index in [9.17, 15) is 14.9 Å². The van der Waals surface area contributed by atoms with E-state index in [1.165, 1.54) is 18.9 Å². The number of carbonyl (C=O) groups excluding carboxylic acids is 2. The number of rotatable bonds is 5. The van der Waals surface area contributed by atoms with E-state index < -0.39 is 23.7 Å². The minimum Gasteiger partial charge on any atom is -0.468 e. The van der Waals surface area contributed by atoms with Crippen LogP contribution in [0.2, 0.25) is 5.02 Å². The van der Waals surface area contributed by atoms with Gasteiger partial charge in [-0.15, -0.1) is 11.8 Å². The molecule has 28 heavy (non-hydrogen) atoms. The summed E-state index contributed by atoms with van der Waals surface area (Å²) >= 11 is 7.68. The van der Waals surface area contributed by atoms with E-state index in [0.29, 0.717) is 26.9 Å². The molecule has 0 bridgehead atoms. The van der Waals surface area contributed by atoms with Gasteiger partial charge in [0.2, 0.25) is 5.91 Å². The highest BCUT2D eigenvalue weighted by Crippen LogP contribution is 2.42. The number of nitrogens with one attached hydrogen (secondary N) is 1. The zero-order chi connectivity index (χ0) is 20.1. The number of nitrogens with zero attached hydrogens (tertiary/aromatic N) is 1. The van der Waals surface area contributed by atoms with Crippen LogP contribution in [-0.2, 0) is 20.1 Å². The van der Waals surface area contributed by atoms with Gasteiger partial charge in [-0.2, -0.15) is 5.26 Å². The fourth-order valence-electron chi connectivity index (χ4n) is 3.11. The number of esters is 1. The van der Waals surface area contributed by atoms with Crippen molar-refractivity contribution in [2.45, 2.75) is 11.7 Å². The van der Waals surface area contributed by atoms with Gasteiger partial charge in [0.15, 0.2) is 0 Å². The van der Waals surface area contributed by atoms with Crippen molar-refractivity contribution >= 4 is 35.2 Å². The molecule has 0 aliphatic carbocycles. The smallest absolute Gasteiger partial charge is 0.319 e. The van der Waals surface area contributed by atoms with Crippen LogP contribution in [0, 0.1) is 17.2 Å². The summed E-state index contributed by atoms with van der Waals surface area (Å²) in [5, 5.41) is 13.4. The molecule has 0 radical (unpaired) electrons. The van der Waals surface area contributed by atoms with Crippen molar-refractivity contribution in [3.8, 4) is 6.07 Å². The first-order valence-corrected chi connectivity index (χ1v) is 9.87. The molecule has 0 unspecified atom stereocenters. The summed E-state index contributed by atoms with van der Waals surface area (Å²) < 4.78 is 4.83. The molecule has 0 spiro atoms. The maximum absolute atomic E-state index is 12.8. The monoisotopic (exact) mass is 412 g/mol. The summed E-state index contributed by atoms with van der Waals surface area (Å²) in [5.74, 6) is -2.63. The average molecular weight is 413 g/mol. The number of amides is 1.